The highest BCUT2D eigenvalue weighted by molar-refractivity contribution is 5.90. The molecule has 2 amide bonds. The molecule has 0 bridgehead atoms. The number of carbonyl (C=O) groups is 2. The van der Waals surface area contributed by atoms with Crippen molar-refractivity contribution in [1.29, 1.82) is 0 Å². The Morgan fingerprint density at radius 3 is 2.18 bits per heavy atom. The van der Waals surface area contributed by atoms with E-state index in [1.54, 1.807) is 6.20 Å². The van der Waals surface area contributed by atoms with Crippen LogP contribution in [-0.4, -0.2) is 60.5 Å². The number of para-hydroxylation sites is 2. The summed E-state index contributed by atoms with van der Waals surface area (Å²) in [6.45, 7) is 2.23. The van der Waals surface area contributed by atoms with Crippen molar-refractivity contribution in [3.63, 3.8) is 0 Å². The van der Waals surface area contributed by atoms with Gasteiger partial charge >= 0.3 is 12.4 Å². The summed E-state index contributed by atoms with van der Waals surface area (Å²) in [6.07, 6.45) is -8.66. The molecule has 238 valence electrons. The number of nitrogens with one attached hydrogen (secondary N) is 3. The molecule has 1 aromatic heterocycles. The van der Waals surface area contributed by atoms with Crippen LogP contribution in [0.4, 0.5) is 32.0 Å². The number of hydrogen-bond donors (Lipinski definition) is 3. The van der Waals surface area contributed by atoms with Crippen LogP contribution in [0.15, 0.2) is 79.0 Å². The first-order chi connectivity index (χ1) is 21.4. The number of carbonyl (C=O) groups excluding carboxylic acids is 2. The molecule has 3 N–H and O–H groups in total. The molecule has 0 saturated carbocycles. The number of hydrogen-bond acceptors (Lipinski definition) is 4. The second kappa shape index (κ2) is 13.2. The lowest BCUT2D eigenvalue weighted by molar-refractivity contribution is -0.162. The van der Waals surface area contributed by atoms with Crippen LogP contribution in [0.2, 0.25) is 0 Å². The minimum absolute atomic E-state index is 0.0359. The van der Waals surface area contributed by atoms with E-state index in [4.69, 9.17) is 0 Å². The molecular formula is C32H31F6N5O2. The Balaban J connectivity index is 1.27. The summed E-state index contributed by atoms with van der Waals surface area (Å²) in [5.41, 5.74) is -1.17. The molecule has 4 aromatic rings. The third kappa shape index (κ3) is 7.96. The number of fused-ring (bicyclic) bond motifs is 1. The van der Waals surface area contributed by atoms with Crippen LogP contribution in [0.1, 0.15) is 22.3 Å². The third-order valence-electron chi connectivity index (χ3n) is 7.77. The number of nitrogens with zero attached hydrogens (tertiary/aromatic N) is 2. The van der Waals surface area contributed by atoms with Crippen molar-refractivity contribution in [3.8, 4) is 0 Å². The van der Waals surface area contributed by atoms with Gasteiger partial charge in [0.2, 0.25) is 11.8 Å². The number of halogens is 6. The summed E-state index contributed by atoms with van der Waals surface area (Å²) in [6, 6.07) is 17.8. The highest BCUT2D eigenvalue weighted by Gasteiger charge is 2.43. The van der Waals surface area contributed by atoms with Gasteiger partial charge in [0.05, 0.1) is 17.7 Å². The lowest BCUT2D eigenvalue weighted by Crippen LogP contribution is -2.53. The van der Waals surface area contributed by atoms with Gasteiger partial charge in [0.15, 0.2) is 0 Å². The summed E-state index contributed by atoms with van der Waals surface area (Å²) >= 11 is 0. The first-order valence-corrected chi connectivity index (χ1v) is 14.3. The molecule has 13 heteroatoms. The number of H-pyrrole nitrogens is 1. The first-order valence-electron chi connectivity index (χ1n) is 14.3. The largest absolute Gasteiger partial charge is 0.417 e. The fraction of sp³-hybridized carbons (Fsp3) is 0.312. The number of aromatic nitrogens is 1. The first kappa shape index (κ1) is 31.9. The zero-order chi connectivity index (χ0) is 32.2. The standard InChI is InChI=1S/C32H31F6N5O2/c33-31(34,35)25-11-10-21(16-26(25)32(36,37)38)18-40-30(45)28(17-22-19-39-27-9-5-4-8-24(22)27)41-29(44)20-42-12-14-43(15-13-42)23-6-2-1-3-7-23/h1-11,16,19,28,39H,12-15,17-18,20H2,(H,40,45)(H,41,44). The SMILES string of the molecule is O=C(CN1CCN(c2ccccc2)CC1)NC(Cc1c[nH]c2ccccc12)C(=O)NCc1ccc(C(F)(F)F)c(C(F)(F)F)c1. The molecule has 1 unspecified atom stereocenters. The second-order valence-corrected chi connectivity index (χ2v) is 10.9. The van der Waals surface area contributed by atoms with Crippen LogP contribution in [0.5, 0.6) is 0 Å². The predicted octanol–water partition coefficient (Wildman–Crippen LogP) is 5.37. The van der Waals surface area contributed by atoms with Gasteiger partial charge in [-0.3, -0.25) is 14.5 Å². The maximum absolute atomic E-state index is 13.4. The number of alkyl halides is 6. The van der Waals surface area contributed by atoms with Gasteiger partial charge in [-0.25, -0.2) is 0 Å². The van der Waals surface area contributed by atoms with Crippen LogP contribution in [-0.2, 0) is 34.9 Å². The smallest absolute Gasteiger partial charge is 0.369 e. The van der Waals surface area contributed by atoms with Crippen LogP contribution >= 0.6 is 0 Å². The van der Waals surface area contributed by atoms with Crippen molar-refractivity contribution in [2.45, 2.75) is 31.4 Å². The van der Waals surface area contributed by atoms with Crippen molar-refractivity contribution in [2.24, 2.45) is 0 Å². The quantitative estimate of drug-likeness (QED) is 0.217. The van der Waals surface area contributed by atoms with Crippen molar-refractivity contribution in [2.75, 3.05) is 37.6 Å². The molecule has 0 radical (unpaired) electrons. The molecular weight excluding hydrogens is 600 g/mol. The van der Waals surface area contributed by atoms with Crippen LogP contribution in [0, 0.1) is 0 Å². The molecule has 7 nitrogen and oxygen atoms in total. The van der Waals surface area contributed by atoms with Gasteiger partial charge in [0.25, 0.3) is 0 Å². The van der Waals surface area contributed by atoms with E-state index in [2.05, 4.69) is 20.5 Å². The molecule has 1 aliphatic rings. The monoisotopic (exact) mass is 631 g/mol. The van der Waals surface area contributed by atoms with E-state index in [0.29, 0.717) is 38.3 Å². The van der Waals surface area contributed by atoms with Gasteiger partial charge in [0.1, 0.15) is 6.04 Å². The molecule has 0 aliphatic carbocycles. The summed E-state index contributed by atoms with van der Waals surface area (Å²) in [4.78, 5) is 33.8. The Bertz CT molecular complexity index is 1630. The molecule has 0 spiro atoms. The summed E-state index contributed by atoms with van der Waals surface area (Å²) < 4.78 is 79.8. The predicted molar refractivity (Wildman–Crippen MR) is 157 cm³/mol. The molecule has 5 rings (SSSR count). The Labute approximate surface area is 255 Å². The highest BCUT2D eigenvalue weighted by Crippen LogP contribution is 2.40. The Morgan fingerprint density at radius 1 is 0.822 bits per heavy atom. The van der Waals surface area contributed by atoms with Gasteiger partial charge in [-0.05, 0) is 41.5 Å². The molecule has 1 saturated heterocycles. The minimum Gasteiger partial charge on any atom is -0.369 e. The number of anilines is 1. The fourth-order valence-electron chi connectivity index (χ4n) is 5.47. The Kier molecular flexibility index (Phi) is 9.37. The lowest BCUT2D eigenvalue weighted by atomic mass is 10.0. The molecule has 2 heterocycles. The van der Waals surface area contributed by atoms with E-state index in [0.717, 1.165) is 28.2 Å². The number of piperazine rings is 1. The molecule has 1 aliphatic heterocycles. The normalized spacial score (nSPS) is 15.2. The summed E-state index contributed by atoms with van der Waals surface area (Å²) in [5, 5.41) is 6.09. The lowest BCUT2D eigenvalue weighted by Gasteiger charge is -2.35. The van der Waals surface area contributed by atoms with E-state index in [-0.39, 0.29) is 18.5 Å². The molecule has 1 atom stereocenters. The van der Waals surface area contributed by atoms with Gasteiger partial charge in [-0.1, -0.05) is 42.5 Å². The van der Waals surface area contributed by atoms with E-state index in [1.165, 1.54) is 0 Å². The van der Waals surface area contributed by atoms with Gasteiger partial charge in [0, 0.05) is 61.9 Å². The summed E-state index contributed by atoms with van der Waals surface area (Å²) in [5.74, 6) is -1.09. The van der Waals surface area contributed by atoms with Crippen LogP contribution in [0.25, 0.3) is 10.9 Å². The highest BCUT2D eigenvalue weighted by atomic mass is 19.4. The topological polar surface area (TPSA) is 80.5 Å². The molecule has 3 aromatic carbocycles. The Hall–Kier alpha value is -4.52. The van der Waals surface area contributed by atoms with E-state index >= 15 is 0 Å². The average Bonchev–Trinajstić information content (AvgIpc) is 3.42. The van der Waals surface area contributed by atoms with Gasteiger partial charge in [-0.2, -0.15) is 26.3 Å². The fourth-order valence-corrected chi connectivity index (χ4v) is 5.47. The zero-order valence-corrected chi connectivity index (χ0v) is 24.0. The van der Waals surface area contributed by atoms with E-state index in [1.807, 2.05) is 59.5 Å². The number of amides is 2. The maximum Gasteiger partial charge on any atom is 0.417 e. The van der Waals surface area contributed by atoms with Crippen LogP contribution < -0.4 is 15.5 Å². The molecule has 1 fully saturated rings. The zero-order valence-electron chi connectivity index (χ0n) is 24.0. The maximum atomic E-state index is 13.4. The van der Waals surface area contributed by atoms with E-state index in [9.17, 15) is 35.9 Å². The van der Waals surface area contributed by atoms with E-state index < -0.39 is 47.9 Å². The van der Waals surface area contributed by atoms with Crippen LogP contribution in [0.3, 0.4) is 0 Å². The third-order valence-corrected chi connectivity index (χ3v) is 7.77. The number of rotatable bonds is 9. The van der Waals surface area contributed by atoms with Gasteiger partial charge in [-0.15, -0.1) is 0 Å². The minimum atomic E-state index is -5.25. The number of benzene rings is 3. The average molecular weight is 632 g/mol. The second-order valence-electron chi connectivity index (χ2n) is 10.9. The van der Waals surface area contributed by atoms with Crippen molar-refractivity contribution < 1.29 is 35.9 Å². The van der Waals surface area contributed by atoms with Crippen molar-refractivity contribution in [1.82, 2.24) is 20.5 Å². The Morgan fingerprint density at radius 2 is 1.49 bits per heavy atom. The summed E-state index contributed by atoms with van der Waals surface area (Å²) in [7, 11) is 0. The van der Waals surface area contributed by atoms with Crippen molar-refractivity contribution in [3.05, 3.63) is 101 Å². The number of aromatic amines is 1. The molecule has 45 heavy (non-hydrogen) atoms. The van der Waals surface area contributed by atoms with Crippen molar-refractivity contribution >= 4 is 28.4 Å². The van der Waals surface area contributed by atoms with Gasteiger partial charge < -0.3 is 20.5 Å².